The number of piperidine rings is 1. The van der Waals surface area contributed by atoms with E-state index in [-0.39, 0.29) is 11.8 Å². The average Bonchev–Trinajstić information content (AvgIpc) is 2.69. The molecule has 1 aliphatic heterocycles. The fraction of sp³-hybridized carbons (Fsp3) is 0.571. The van der Waals surface area contributed by atoms with E-state index in [9.17, 15) is 9.59 Å². The number of pyridine rings is 1. The molecule has 1 aromatic heterocycles. The van der Waals surface area contributed by atoms with Gasteiger partial charge in [-0.1, -0.05) is 18.6 Å². The molecule has 1 saturated heterocycles. The molecule has 0 saturated carbocycles. The van der Waals surface area contributed by atoms with Gasteiger partial charge in [0.2, 0.25) is 0 Å². The number of aromatic nitrogens is 1. The van der Waals surface area contributed by atoms with Gasteiger partial charge in [-0.15, -0.1) is 0 Å². The Morgan fingerprint density at radius 1 is 1.19 bits per heavy atom. The zero-order chi connectivity index (χ0) is 18.4. The van der Waals surface area contributed by atoms with Gasteiger partial charge in [0.1, 0.15) is 0 Å². The Kier molecular flexibility index (Phi) is 6.42. The Morgan fingerprint density at radius 3 is 2.69 bits per heavy atom. The molecule has 140 valence electrons. The topological polar surface area (TPSA) is 62.3 Å². The molecule has 2 amide bonds. The van der Waals surface area contributed by atoms with Crippen molar-refractivity contribution < 1.29 is 9.59 Å². The van der Waals surface area contributed by atoms with Crippen LogP contribution in [-0.2, 0) is 0 Å². The first kappa shape index (κ1) is 18.6. The summed E-state index contributed by atoms with van der Waals surface area (Å²) in [5.41, 5.74) is 2.40. The van der Waals surface area contributed by atoms with Gasteiger partial charge in [0, 0.05) is 32.0 Å². The summed E-state index contributed by atoms with van der Waals surface area (Å²) in [6.07, 6.45) is 13.2. The molecule has 0 atom stereocenters. The van der Waals surface area contributed by atoms with E-state index < -0.39 is 0 Å². The maximum absolute atomic E-state index is 12.6. The molecule has 0 unspecified atom stereocenters. The van der Waals surface area contributed by atoms with Crippen LogP contribution in [0.2, 0.25) is 0 Å². The lowest BCUT2D eigenvalue weighted by Crippen LogP contribution is -2.38. The smallest absolute Gasteiger partial charge is 0.255 e. The van der Waals surface area contributed by atoms with Crippen LogP contribution in [0.25, 0.3) is 0 Å². The molecule has 0 aromatic carbocycles. The first-order valence-electron chi connectivity index (χ1n) is 9.84. The van der Waals surface area contributed by atoms with E-state index >= 15 is 0 Å². The van der Waals surface area contributed by atoms with Crippen LogP contribution >= 0.6 is 0 Å². The van der Waals surface area contributed by atoms with Crippen molar-refractivity contribution in [2.24, 2.45) is 5.92 Å². The Hall–Kier alpha value is -2.17. The Bertz CT molecular complexity index is 676. The molecule has 1 aliphatic carbocycles. The minimum Gasteiger partial charge on any atom is -0.352 e. The highest BCUT2D eigenvalue weighted by Crippen LogP contribution is 2.20. The molecule has 5 heteroatoms. The van der Waals surface area contributed by atoms with Crippen molar-refractivity contribution in [2.75, 3.05) is 19.6 Å². The number of nitrogens with one attached hydrogen (secondary N) is 1. The largest absolute Gasteiger partial charge is 0.352 e. The number of carbonyl (C=O) groups excluding carboxylic acids is 2. The summed E-state index contributed by atoms with van der Waals surface area (Å²) in [5, 5.41) is 2.95. The molecule has 1 N–H and O–H groups in total. The molecule has 26 heavy (non-hydrogen) atoms. The zero-order valence-electron chi connectivity index (χ0n) is 15.7. The first-order valence-corrected chi connectivity index (χ1v) is 9.84. The van der Waals surface area contributed by atoms with E-state index in [1.54, 1.807) is 12.3 Å². The van der Waals surface area contributed by atoms with E-state index in [2.05, 4.69) is 23.3 Å². The molecule has 2 heterocycles. The SMILES string of the molecule is CC1CCN(C(=O)c2cncc(C(=O)NCCC3=CCCCC3)c2)CC1. The molecule has 0 bridgehead atoms. The van der Waals surface area contributed by atoms with E-state index in [0.717, 1.165) is 45.2 Å². The van der Waals surface area contributed by atoms with Gasteiger partial charge in [-0.05, 0) is 56.9 Å². The number of hydrogen-bond acceptors (Lipinski definition) is 3. The van der Waals surface area contributed by atoms with Crippen molar-refractivity contribution in [1.29, 1.82) is 0 Å². The third-order valence-corrected chi connectivity index (χ3v) is 5.43. The lowest BCUT2D eigenvalue weighted by atomic mass is 9.97. The van der Waals surface area contributed by atoms with Crippen molar-refractivity contribution >= 4 is 11.8 Å². The molecule has 1 aromatic rings. The Labute approximate surface area is 155 Å². The van der Waals surface area contributed by atoms with Crippen LogP contribution in [0.5, 0.6) is 0 Å². The molecule has 0 radical (unpaired) electrons. The van der Waals surface area contributed by atoms with Crippen molar-refractivity contribution in [1.82, 2.24) is 15.2 Å². The number of rotatable bonds is 5. The fourth-order valence-electron chi connectivity index (χ4n) is 3.65. The van der Waals surface area contributed by atoms with Crippen LogP contribution in [0.15, 0.2) is 30.1 Å². The van der Waals surface area contributed by atoms with Gasteiger partial charge >= 0.3 is 0 Å². The monoisotopic (exact) mass is 355 g/mol. The standard InChI is InChI=1S/C21H29N3O2/c1-16-8-11-24(12-9-16)21(26)19-13-18(14-22-15-19)20(25)23-10-7-17-5-3-2-4-6-17/h5,13-16H,2-4,6-12H2,1H3,(H,23,25). The summed E-state index contributed by atoms with van der Waals surface area (Å²) in [5.74, 6) is 0.496. The van der Waals surface area contributed by atoms with Gasteiger partial charge in [-0.3, -0.25) is 14.6 Å². The van der Waals surface area contributed by atoms with Crippen molar-refractivity contribution in [2.45, 2.75) is 51.9 Å². The number of nitrogens with zero attached hydrogens (tertiary/aromatic N) is 2. The number of carbonyl (C=O) groups is 2. The van der Waals surface area contributed by atoms with Crippen LogP contribution in [0, 0.1) is 5.92 Å². The molecule has 5 nitrogen and oxygen atoms in total. The zero-order valence-corrected chi connectivity index (χ0v) is 15.7. The van der Waals surface area contributed by atoms with Crippen LogP contribution in [0.3, 0.4) is 0 Å². The highest BCUT2D eigenvalue weighted by atomic mass is 16.2. The summed E-state index contributed by atoms with van der Waals surface area (Å²) in [6.45, 7) is 4.42. The van der Waals surface area contributed by atoms with Gasteiger partial charge in [0.25, 0.3) is 11.8 Å². The summed E-state index contributed by atoms with van der Waals surface area (Å²) >= 11 is 0. The lowest BCUT2D eigenvalue weighted by Gasteiger charge is -2.30. The van der Waals surface area contributed by atoms with Crippen LogP contribution < -0.4 is 5.32 Å². The van der Waals surface area contributed by atoms with Crippen molar-refractivity contribution in [3.05, 3.63) is 41.2 Å². The maximum Gasteiger partial charge on any atom is 0.255 e. The summed E-state index contributed by atoms with van der Waals surface area (Å²) in [4.78, 5) is 31.0. The highest BCUT2D eigenvalue weighted by Gasteiger charge is 2.22. The maximum atomic E-state index is 12.6. The number of hydrogen-bond donors (Lipinski definition) is 1. The van der Waals surface area contributed by atoms with Gasteiger partial charge in [-0.2, -0.15) is 0 Å². The molecule has 3 rings (SSSR count). The average molecular weight is 355 g/mol. The highest BCUT2D eigenvalue weighted by molar-refractivity contribution is 5.99. The van der Waals surface area contributed by atoms with Gasteiger partial charge in [0.05, 0.1) is 11.1 Å². The lowest BCUT2D eigenvalue weighted by molar-refractivity contribution is 0.0697. The van der Waals surface area contributed by atoms with Crippen molar-refractivity contribution in [3.63, 3.8) is 0 Å². The van der Waals surface area contributed by atoms with E-state index in [0.29, 0.717) is 23.6 Å². The summed E-state index contributed by atoms with van der Waals surface area (Å²) in [6, 6.07) is 1.67. The van der Waals surface area contributed by atoms with Gasteiger partial charge in [-0.25, -0.2) is 0 Å². The second-order valence-corrected chi connectivity index (χ2v) is 7.55. The van der Waals surface area contributed by atoms with E-state index in [1.807, 2.05) is 4.90 Å². The van der Waals surface area contributed by atoms with Gasteiger partial charge < -0.3 is 10.2 Å². The van der Waals surface area contributed by atoms with Gasteiger partial charge in [0.15, 0.2) is 0 Å². The minimum atomic E-state index is -0.157. The normalized spacial score (nSPS) is 18.3. The van der Waals surface area contributed by atoms with Crippen LogP contribution in [-0.4, -0.2) is 41.3 Å². The fourth-order valence-corrected chi connectivity index (χ4v) is 3.65. The number of likely N-dealkylation sites (tertiary alicyclic amines) is 1. The third-order valence-electron chi connectivity index (χ3n) is 5.43. The number of allylic oxidation sites excluding steroid dienone is 1. The van der Waals surface area contributed by atoms with Crippen LogP contribution in [0.1, 0.15) is 72.6 Å². The molecule has 0 spiro atoms. The third kappa shape index (κ3) is 4.93. The van der Waals surface area contributed by atoms with E-state index in [4.69, 9.17) is 0 Å². The Balaban J connectivity index is 1.55. The first-order chi connectivity index (χ1) is 12.6. The second-order valence-electron chi connectivity index (χ2n) is 7.55. The number of amides is 2. The minimum absolute atomic E-state index is 0.0218. The van der Waals surface area contributed by atoms with Crippen LogP contribution in [0.4, 0.5) is 0 Å². The molecule has 1 fully saturated rings. The predicted molar refractivity (Wildman–Crippen MR) is 102 cm³/mol. The summed E-state index contributed by atoms with van der Waals surface area (Å²) in [7, 11) is 0. The van der Waals surface area contributed by atoms with Crippen molar-refractivity contribution in [3.8, 4) is 0 Å². The second kappa shape index (κ2) is 8.97. The predicted octanol–water partition coefficient (Wildman–Crippen LogP) is 3.57. The quantitative estimate of drug-likeness (QED) is 0.821. The molecular formula is C21H29N3O2. The molecular weight excluding hydrogens is 326 g/mol. The Morgan fingerprint density at radius 2 is 1.96 bits per heavy atom. The van der Waals surface area contributed by atoms with E-state index in [1.165, 1.54) is 24.6 Å². The molecule has 2 aliphatic rings. The summed E-state index contributed by atoms with van der Waals surface area (Å²) < 4.78 is 0.